The second-order valence-electron chi connectivity index (χ2n) is 4.02. The van der Waals surface area contributed by atoms with Crippen molar-refractivity contribution in [2.45, 2.75) is 26.3 Å². The molecule has 0 spiro atoms. The minimum Gasteiger partial charge on any atom is -0.297 e. The summed E-state index contributed by atoms with van der Waals surface area (Å²) in [6.45, 7) is 6.22. The van der Waals surface area contributed by atoms with Crippen LogP contribution < -0.4 is 0 Å². The molecule has 0 aliphatic carbocycles. The summed E-state index contributed by atoms with van der Waals surface area (Å²) < 4.78 is 0. The third kappa shape index (κ3) is 0.601. The molecule has 0 amide bonds. The molecular formula is C8H13NO. The maximum Gasteiger partial charge on any atom is 0.156 e. The maximum atomic E-state index is 11.4. The van der Waals surface area contributed by atoms with Gasteiger partial charge in [-0.25, -0.2) is 0 Å². The first-order valence-corrected chi connectivity index (χ1v) is 3.90. The van der Waals surface area contributed by atoms with Crippen LogP contribution in [0.15, 0.2) is 0 Å². The summed E-state index contributed by atoms with van der Waals surface area (Å²) in [6, 6.07) is 0.301. The molecule has 2 heterocycles. The fourth-order valence-corrected chi connectivity index (χ4v) is 1.96. The van der Waals surface area contributed by atoms with Gasteiger partial charge in [0.15, 0.2) is 5.78 Å². The molecule has 0 aromatic rings. The van der Waals surface area contributed by atoms with Crippen LogP contribution in [0.25, 0.3) is 0 Å². The Morgan fingerprint density at radius 3 is 2.50 bits per heavy atom. The molecule has 2 nitrogen and oxygen atoms in total. The van der Waals surface area contributed by atoms with Crippen molar-refractivity contribution in [1.82, 2.24) is 4.90 Å². The highest BCUT2D eigenvalue weighted by atomic mass is 16.1. The Morgan fingerprint density at radius 2 is 2.30 bits per heavy atom. The molecule has 2 fully saturated rings. The van der Waals surface area contributed by atoms with Crippen molar-refractivity contribution in [2.24, 2.45) is 5.41 Å². The monoisotopic (exact) mass is 139 g/mol. The molecule has 0 saturated carbocycles. The van der Waals surface area contributed by atoms with Gasteiger partial charge in [0.05, 0.1) is 6.04 Å². The summed E-state index contributed by atoms with van der Waals surface area (Å²) in [4.78, 5) is 13.7. The highest BCUT2D eigenvalue weighted by Gasteiger charge is 2.49. The first-order valence-electron chi connectivity index (χ1n) is 3.90. The summed E-state index contributed by atoms with van der Waals surface area (Å²) in [6.07, 6.45) is 1.10. The molecule has 0 aromatic heterocycles. The lowest BCUT2D eigenvalue weighted by molar-refractivity contribution is -0.127. The van der Waals surface area contributed by atoms with Gasteiger partial charge in [0.25, 0.3) is 0 Å². The van der Waals surface area contributed by atoms with Crippen molar-refractivity contribution in [3.63, 3.8) is 0 Å². The van der Waals surface area contributed by atoms with Crippen LogP contribution >= 0.6 is 0 Å². The number of hydrogen-bond donors (Lipinski definition) is 0. The first-order chi connectivity index (χ1) is 4.61. The molecule has 10 heavy (non-hydrogen) atoms. The first kappa shape index (κ1) is 6.35. The second kappa shape index (κ2) is 1.62. The van der Waals surface area contributed by atoms with E-state index in [0.717, 1.165) is 19.5 Å². The Balaban J connectivity index is 2.24. The molecular weight excluding hydrogens is 126 g/mol. The molecule has 2 rings (SSSR count). The van der Waals surface area contributed by atoms with E-state index in [1.807, 2.05) is 13.8 Å². The molecule has 2 aliphatic heterocycles. The third-order valence-electron chi connectivity index (χ3n) is 2.70. The van der Waals surface area contributed by atoms with E-state index in [1.165, 1.54) is 0 Å². The van der Waals surface area contributed by atoms with E-state index in [9.17, 15) is 4.79 Å². The molecule has 0 aromatic carbocycles. The predicted octanol–water partition coefficient (Wildman–Crippen LogP) is 0.670. The van der Waals surface area contributed by atoms with Gasteiger partial charge in [-0.3, -0.25) is 9.69 Å². The SMILES string of the molecule is CC1(C)CN2CCC2C1=O. The zero-order valence-corrected chi connectivity index (χ0v) is 6.55. The van der Waals surface area contributed by atoms with Gasteiger partial charge in [-0.05, 0) is 6.42 Å². The second-order valence-corrected chi connectivity index (χ2v) is 4.02. The van der Waals surface area contributed by atoms with Gasteiger partial charge in [0.1, 0.15) is 0 Å². The number of carbonyl (C=O) groups is 1. The van der Waals surface area contributed by atoms with Crippen molar-refractivity contribution >= 4 is 5.78 Å². The van der Waals surface area contributed by atoms with Crippen molar-refractivity contribution < 1.29 is 4.79 Å². The fourth-order valence-electron chi connectivity index (χ4n) is 1.96. The summed E-state index contributed by atoms with van der Waals surface area (Å²) in [5, 5.41) is 0. The Bertz CT molecular complexity index is 186. The summed E-state index contributed by atoms with van der Waals surface area (Å²) in [5.41, 5.74) is -0.0544. The maximum absolute atomic E-state index is 11.4. The van der Waals surface area contributed by atoms with Crippen molar-refractivity contribution in [3.8, 4) is 0 Å². The number of Topliss-reactive ketones (excluding diaryl/α,β-unsaturated/α-hetero) is 1. The Morgan fingerprint density at radius 1 is 1.60 bits per heavy atom. The minimum absolute atomic E-state index is 0.0544. The standard InChI is InChI=1S/C8H13NO/c1-8(2)5-9-4-3-6(9)7(8)10/h6H,3-5H2,1-2H3. The average molecular weight is 139 g/mol. The van der Waals surface area contributed by atoms with Crippen LogP contribution in [0.1, 0.15) is 20.3 Å². The highest BCUT2D eigenvalue weighted by Crippen LogP contribution is 2.36. The Kier molecular flexibility index (Phi) is 1.03. The zero-order valence-electron chi connectivity index (χ0n) is 6.55. The van der Waals surface area contributed by atoms with Gasteiger partial charge in [-0.15, -0.1) is 0 Å². The van der Waals surface area contributed by atoms with E-state index >= 15 is 0 Å². The largest absolute Gasteiger partial charge is 0.297 e. The molecule has 0 bridgehead atoms. The number of hydrogen-bond acceptors (Lipinski definition) is 2. The Labute approximate surface area is 61.2 Å². The van der Waals surface area contributed by atoms with Crippen LogP contribution in [0, 0.1) is 5.41 Å². The van der Waals surface area contributed by atoms with E-state index in [4.69, 9.17) is 0 Å². The summed E-state index contributed by atoms with van der Waals surface area (Å²) >= 11 is 0. The van der Waals surface area contributed by atoms with Crippen LogP contribution in [0.2, 0.25) is 0 Å². The normalized spacial score (nSPS) is 37.4. The van der Waals surface area contributed by atoms with Gasteiger partial charge in [-0.1, -0.05) is 13.8 Å². The van der Waals surface area contributed by atoms with Gasteiger partial charge in [0, 0.05) is 18.5 Å². The van der Waals surface area contributed by atoms with Gasteiger partial charge < -0.3 is 0 Å². The lowest BCUT2D eigenvalue weighted by atomic mass is 9.88. The fraction of sp³-hybridized carbons (Fsp3) is 0.875. The van der Waals surface area contributed by atoms with Gasteiger partial charge in [-0.2, -0.15) is 0 Å². The van der Waals surface area contributed by atoms with Crippen LogP contribution in [0.3, 0.4) is 0 Å². The zero-order chi connectivity index (χ0) is 7.35. The number of ketones is 1. The number of nitrogens with zero attached hydrogens (tertiary/aromatic N) is 1. The molecule has 2 aliphatic rings. The predicted molar refractivity (Wildman–Crippen MR) is 38.8 cm³/mol. The van der Waals surface area contributed by atoms with Crippen LogP contribution in [-0.4, -0.2) is 29.8 Å². The third-order valence-corrected chi connectivity index (χ3v) is 2.70. The summed E-state index contributed by atoms with van der Waals surface area (Å²) in [5.74, 6) is 0.457. The smallest absolute Gasteiger partial charge is 0.156 e. The topological polar surface area (TPSA) is 20.3 Å². The molecule has 0 N–H and O–H groups in total. The van der Waals surface area contributed by atoms with Crippen molar-refractivity contribution in [3.05, 3.63) is 0 Å². The van der Waals surface area contributed by atoms with Crippen molar-refractivity contribution in [1.29, 1.82) is 0 Å². The van der Waals surface area contributed by atoms with Crippen LogP contribution in [0.5, 0.6) is 0 Å². The van der Waals surface area contributed by atoms with Gasteiger partial charge >= 0.3 is 0 Å². The minimum atomic E-state index is -0.0544. The van der Waals surface area contributed by atoms with E-state index in [0.29, 0.717) is 11.8 Å². The average Bonchev–Trinajstić information content (AvgIpc) is 1.91. The van der Waals surface area contributed by atoms with Crippen LogP contribution in [-0.2, 0) is 4.79 Å². The molecule has 0 radical (unpaired) electrons. The molecule has 1 unspecified atom stereocenters. The van der Waals surface area contributed by atoms with E-state index in [1.54, 1.807) is 0 Å². The lowest BCUT2D eigenvalue weighted by Gasteiger charge is -2.32. The number of carbonyl (C=O) groups excluding carboxylic acids is 1. The van der Waals surface area contributed by atoms with E-state index in [2.05, 4.69) is 4.90 Å². The van der Waals surface area contributed by atoms with E-state index < -0.39 is 0 Å². The Hall–Kier alpha value is -0.370. The number of fused-ring (bicyclic) bond motifs is 1. The molecule has 2 saturated heterocycles. The quantitative estimate of drug-likeness (QED) is 0.491. The van der Waals surface area contributed by atoms with E-state index in [-0.39, 0.29) is 5.41 Å². The van der Waals surface area contributed by atoms with Gasteiger partial charge in [0.2, 0.25) is 0 Å². The van der Waals surface area contributed by atoms with Crippen molar-refractivity contribution in [2.75, 3.05) is 13.1 Å². The van der Waals surface area contributed by atoms with Crippen LogP contribution in [0.4, 0.5) is 0 Å². The number of rotatable bonds is 0. The molecule has 2 heteroatoms. The summed E-state index contributed by atoms with van der Waals surface area (Å²) in [7, 11) is 0. The molecule has 1 atom stereocenters. The molecule has 56 valence electrons. The lowest BCUT2D eigenvalue weighted by Crippen LogP contribution is -2.45. The highest BCUT2D eigenvalue weighted by molar-refractivity contribution is 5.92.